The van der Waals surface area contributed by atoms with Crippen LogP contribution in [0, 0.1) is 26.7 Å². The molecule has 0 saturated heterocycles. The van der Waals surface area contributed by atoms with Gasteiger partial charge in [-0.15, -0.1) is 0 Å². The second kappa shape index (κ2) is 8.44. The molecule has 1 unspecified atom stereocenters. The van der Waals surface area contributed by atoms with Gasteiger partial charge in [-0.3, -0.25) is 4.18 Å². The molecule has 0 heterocycles. The molecule has 0 aliphatic carbocycles. The molecule has 1 N–H and O–H groups in total. The summed E-state index contributed by atoms with van der Waals surface area (Å²) < 4.78 is 54.9. The van der Waals surface area contributed by atoms with Gasteiger partial charge in [-0.1, -0.05) is 43.7 Å². The smallest absolute Gasteiger partial charge is 0.264 e. The van der Waals surface area contributed by atoms with Crippen molar-refractivity contribution in [3.63, 3.8) is 0 Å². The van der Waals surface area contributed by atoms with Crippen LogP contribution in [0.1, 0.15) is 30.5 Å². The lowest BCUT2D eigenvalue weighted by molar-refractivity contribution is 0.360. The zero-order valence-electron chi connectivity index (χ0n) is 15.5. The first-order valence-corrected chi connectivity index (χ1v) is 11.2. The second-order valence-corrected chi connectivity index (χ2v) is 9.83. The molecule has 1 aromatic carbocycles. The Morgan fingerprint density at radius 2 is 1.60 bits per heavy atom. The highest BCUT2D eigenvalue weighted by Gasteiger charge is 2.24. The maximum absolute atomic E-state index is 12.8. The van der Waals surface area contributed by atoms with Crippen LogP contribution in [-0.4, -0.2) is 35.7 Å². The monoisotopic (exact) mass is 389 g/mol. The molecule has 0 amide bonds. The van der Waals surface area contributed by atoms with Gasteiger partial charge in [-0.05, 0) is 37.8 Å². The highest BCUT2D eigenvalue weighted by atomic mass is 32.2. The second-order valence-electron chi connectivity index (χ2n) is 6.54. The van der Waals surface area contributed by atoms with Crippen molar-refractivity contribution in [3.8, 4) is 0 Å². The molecule has 1 aromatic rings. The minimum atomic E-state index is -3.71. The summed E-state index contributed by atoms with van der Waals surface area (Å²) in [6.45, 7) is 9.09. The van der Waals surface area contributed by atoms with E-state index in [9.17, 15) is 16.8 Å². The molecule has 0 saturated carbocycles. The molecule has 0 aliphatic rings. The molecular weight excluding hydrogens is 362 g/mol. The number of benzene rings is 1. The first-order valence-electron chi connectivity index (χ1n) is 7.94. The molecule has 8 heteroatoms. The molecule has 0 aromatic heterocycles. The van der Waals surface area contributed by atoms with Gasteiger partial charge in [0.2, 0.25) is 10.0 Å². The fourth-order valence-corrected chi connectivity index (χ4v) is 4.71. The normalized spacial score (nSPS) is 14.4. The van der Waals surface area contributed by atoms with Gasteiger partial charge in [0.1, 0.15) is 0 Å². The van der Waals surface area contributed by atoms with Gasteiger partial charge in [0.25, 0.3) is 10.1 Å². The average Bonchev–Trinajstić information content (AvgIpc) is 2.39. The summed E-state index contributed by atoms with van der Waals surface area (Å²) >= 11 is 0. The fourth-order valence-electron chi connectivity index (χ4n) is 2.59. The van der Waals surface area contributed by atoms with Crippen LogP contribution in [0.5, 0.6) is 0 Å². The number of sulfonamides is 1. The quantitative estimate of drug-likeness (QED) is 0.545. The van der Waals surface area contributed by atoms with Gasteiger partial charge >= 0.3 is 0 Å². The predicted octanol–water partition coefficient (Wildman–Crippen LogP) is 2.45. The van der Waals surface area contributed by atoms with Crippen LogP contribution in [0.3, 0.4) is 0 Å². The topological polar surface area (TPSA) is 89.5 Å². The van der Waals surface area contributed by atoms with E-state index in [1.54, 1.807) is 19.9 Å². The van der Waals surface area contributed by atoms with Crippen LogP contribution in [-0.2, 0) is 24.3 Å². The van der Waals surface area contributed by atoms with Crippen LogP contribution in [0.4, 0.5) is 0 Å². The zero-order chi connectivity index (χ0) is 19.4. The molecule has 0 bridgehead atoms. The van der Waals surface area contributed by atoms with E-state index in [1.165, 1.54) is 6.08 Å². The fraction of sp³-hybridized carbons (Fsp3) is 0.529. The van der Waals surface area contributed by atoms with Gasteiger partial charge in [0, 0.05) is 6.04 Å². The van der Waals surface area contributed by atoms with Crippen molar-refractivity contribution in [2.45, 2.75) is 45.6 Å². The van der Waals surface area contributed by atoms with Gasteiger partial charge in [0.15, 0.2) is 0 Å². The van der Waals surface area contributed by atoms with Crippen molar-refractivity contribution in [3.05, 3.63) is 41.0 Å². The van der Waals surface area contributed by atoms with E-state index >= 15 is 0 Å². The average molecular weight is 390 g/mol. The maximum atomic E-state index is 12.8. The molecule has 6 nitrogen and oxygen atoms in total. The zero-order valence-corrected chi connectivity index (χ0v) is 17.2. The van der Waals surface area contributed by atoms with E-state index in [0.717, 1.165) is 11.8 Å². The van der Waals surface area contributed by atoms with Crippen LogP contribution < -0.4 is 4.72 Å². The highest BCUT2D eigenvalue weighted by Crippen LogP contribution is 2.22. The summed E-state index contributed by atoms with van der Waals surface area (Å²) in [5, 5.41) is 0. The number of aryl methyl sites for hydroxylation is 3. The minimum Gasteiger partial charge on any atom is -0.266 e. The number of hydrogen-bond acceptors (Lipinski definition) is 5. The third-order valence-corrected chi connectivity index (χ3v) is 5.93. The third kappa shape index (κ3) is 6.89. The Bertz CT molecular complexity index is 817. The molecule has 1 rings (SSSR count). The summed E-state index contributed by atoms with van der Waals surface area (Å²) in [7, 11) is -7.23. The van der Waals surface area contributed by atoms with Gasteiger partial charge < -0.3 is 0 Å². The Hall–Kier alpha value is -1.22. The van der Waals surface area contributed by atoms with E-state index in [1.807, 2.05) is 32.9 Å². The third-order valence-electron chi connectivity index (χ3n) is 3.60. The van der Waals surface area contributed by atoms with Crippen molar-refractivity contribution in [2.75, 3.05) is 12.9 Å². The Labute approximate surface area is 151 Å². The van der Waals surface area contributed by atoms with Crippen molar-refractivity contribution in [1.82, 2.24) is 4.72 Å². The first kappa shape index (κ1) is 21.8. The highest BCUT2D eigenvalue weighted by molar-refractivity contribution is 7.89. The molecule has 0 radical (unpaired) electrons. The Kier molecular flexibility index (Phi) is 7.37. The minimum absolute atomic E-state index is 0.0182. The van der Waals surface area contributed by atoms with Crippen molar-refractivity contribution < 1.29 is 21.0 Å². The Morgan fingerprint density at radius 3 is 2.04 bits per heavy atom. The SMILES string of the molecule is Cc1cc(C)c(S(=O)(=O)NC(/C=C/COS(C)(=O)=O)C(C)C)c(C)c1. The maximum Gasteiger partial charge on any atom is 0.264 e. The number of rotatable bonds is 8. The van der Waals surface area contributed by atoms with Crippen LogP contribution >= 0.6 is 0 Å². The molecule has 0 fully saturated rings. The lowest BCUT2D eigenvalue weighted by Gasteiger charge is -2.21. The lowest BCUT2D eigenvalue weighted by atomic mass is 10.1. The van der Waals surface area contributed by atoms with Gasteiger partial charge in [-0.2, -0.15) is 8.42 Å². The summed E-state index contributed by atoms with van der Waals surface area (Å²) in [5.74, 6) is -0.0182. The van der Waals surface area contributed by atoms with Crippen LogP contribution in [0.2, 0.25) is 0 Å². The summed E-state index contributed by atoms with van der Waals surface area (Å²) in [4.78, 5) is 0.282. The summed E-state index contributed by atoms with van der Waals surface area (Å²) in [6.07, 6.45) is 4.09. The van der Waals surface area contributed by atoms with Crippen LogP contribution in [0.15, 0.2) is 29.2 Å². The standard InChI is InChI=1S/C17H27NO5S2/c1-12(2)16(8-7-9-23-24(6,19)20)18-25(21,22)17-14(4)10-13(3)11-15(17)5/h7-8,10-12,16,18H,9H2,1-6H3/b8-7+. The van der Waals surface area contributed by atoms with E-state index in [2.05, 4.69) is 8.91 Å². The van der Waals surface area contributed by atoms with E-state index in [0.29, 0.717) is 11.1 Å². The molecular formula is C17H27NO5S2. The number of hydrogen-bond donors (Lipinski definition) is 1. The molecule has 0 spiro atoms. The van der Waals surface area contributed by atoms with Gasteiger partial charge in [-0.25, -0.2) is 13.1 Å². The molecule has 1 atom stereocenters. The largest absolute Gasteiger partial charge is 0.266 e. The van der Waals surface area contributed by atoms with Crippen molar-refractivity contribution in [2.24, 2.45) is 5.92 Å². The lowest BCUT2D eigenvalue weighted by Crippen LogP contribution is -2.37. The van der Waals surface area contributed by atoms with Crippen molar-refractivity contribution >= 4 is 20.1 Å². The summed E-state index contributed by atoms with van der Waals surface area (Å²) in [5.41, 5.74) is 2.39. The van der Waals surface area contributed by atoms with Gasteiger partial charge in [0.05, 0.1) is 17.8 Å². The number of nitrogens with one attached hydrogen (secondary N) is 1. The van der Waals surface area contributed by atoms with E-state index in [-0.39, 0.29) is 17.4 Å². The Morgan fingerprint density at radius 1 is 1.08 bits per heavy atom. The van der Waals surface area contributed by atoms with Crippen molar-refractivity contribution in [1.29, 1.82) is 0 Å². The first-order chi connectivity index (χ1) is 11.3. The van der Waals surface area contributed by atoms with E-state index in [4.69, 9.17) is 0 Å². The van der Waals surface area contributed by atoms with Crippen LogP contribution in [0.25, 0.3) is 0 Å². The molecule has 0 aliphatic heterocycles. The molecule has 25 heavy (non-hydrogen) atoms. The van der Waals surface area contributed by atoms with E-state index < -0.39 is 26.2 Å². The summed E-state index contributed by atoms with van der Waals surface area (Å²) in [6, 6.07) is 3.19. The Balaban J connectivity index is 3.03. The predicted molar refractivity (Wildman–Crippen MR) is 99.5 cm³/mol. The molecule has 142 valence electrons.